The molecule has 0 bridgehead atoms. The van der Waals surface area contributed by atoms with E-state index in [2.05, 4.69) is 123 Å². The molecule has 0 saturated carbocycles. The number of hydrogen-bond donors (Lipinski definition) is 0. The number of rotatable bonds is 66. The van der Waals surface area contributed by atoms with Gasteiger partial charge in [0, 0.05) is 45.8 Å². The lowest BCUT2D eigenvalue weighted by atomic mass is 9.94. The molecule has 8 aromatic carbocycles. The van der Waals surface area contributed by atoms with Crippen molar-refractivity contribution in [1.82, 2.24) is 30.0 Å². The number of aromatic nitrogens is 6. The van der Waals surface area contributed by atoms with E-state index in [1.807, 2.05) is 72.8 Å². The predicted octanol–water partition coefficient (Wildman–Crippen LogP) is 17.1. The zero-order chi connectivity index (χ0) is 88.7. The summed E-state index contributed by atoms with van der Waals surface area (Å²) in [4.78, 5) is 0. The zero-order valence-electron chi connectivity index (χ0n) is 73.5. The third-order valence-electron chi connectivity index (χ3n) is 19.3. The number of para-hydroxylation sites is 2. The second-order valence-corrected chi connectivity index (χ2v) is 30.0. The summed E-state index contributed by atoms with van der Waals surface area (Å²) in [5, 5.41) is 27.3. The topological polar surface area (TPSA) is 271 Å². The van der Waals surface area contributed by atoms with Crippen LogP contribution in [0.25, 0.3) is 21.5 Å². The van der Waals surface area contributed by atoms with Crippen molar-refractivity contribution < 1.29 is 112 Å². The van der Waals surface area contributed by atoms with Crippen LogP contribution in [0.15, 0.2) is 156 Å². The van der Waals surface area contributed by atoms with Crippen molar-refractivity contribution in [3.8, 4) is 46.0 Å². The summed E-state index contributed by atoms with van der Waals surface area (Å²) in [6.07, 6.45) is 3.11. The Labute approximate surface area is 734 Å². The molecule has 0 spiro atoms. The number of nitrogens with zero attached hydrogens (tertiary/aromatic N) is 8. The van der Waals surface area contributed by atoms with Gasteiger partial charge in [-0.2, -0.15) is 10.2 Å². The normalized spacial score (nSPS) is 11.8. The number of azo groups is 1. The highest BCUT2D eigenvalue weighted by Gasteiger charge is 2.21. The van der Waals surface area contributed by atoms with E-state index in [0.29, 0.717) is 245 Å². The van der Waals surface area contributed by atoms with E-state index in [1.165, 1.54) is 31.6 Å². The molecule has 2 heterocycles. The van der Waals surface area contributed by atoms with Gasteiger partial charge in [0.2, 0.25) is 0 Å². The fraction of sp³-hybridized carbons (Fsp3) is 0.489. The number of ether oxygens (including phenoxy) is 20. The predicted molar refractivity (Wildman–Crippen MR) is 466 cm³/mol. The summed E-state index contributed by atoms with van der Waals surface area (Å²) < 4.78 is 180. The van der Waals surface area contributed by atoms with Crippen LogP contribution in [-0.2, 0) is 83.1 Å². The molecule has 0 radical (unpaired) electrons. The Morgan fingerprint density at radius 2 is 0.484 bits per heavy atom. The number of benzene rings is 8. The van der Waals surface area contributed by atoms with Crippen molar-refractivity contribution >= 4 is 32.9 Å². The molecule has 32 heteroatoms. The lowest BCUT2D eigenvalue weighted by molar-refractivity contribution is 0.00496. The average Bonchev–Trinajstić information content (AvgIpc) is 1.16. The molecule has 10 rings (SSSR count). The maximum atomic E-state index is 15.2. The van der Waals surface area contributed by atoms with Gasteiger partial charge < -0.3 is 94.7 Å². The summed E-state index contributed by atoms with van der Waals surface area (Å²) >= 11 is 0. The molecule has 0 aliphatic carbocycles. The molecule has 28 nitrogen and oxygen atoms in total. The van der Waals surface area contributed by atoms with Crippen LogP contribution in [0.4, 0.5) is 28.9 Å². The van der Waals surface area contributed by atoms with Crippen molar-refractivity contribution in [3.05, 3.63) is 203 Å². The van der Waals surface area contributed by atoms with Crippen LogP contribution in [0.2, 0.25) is 0 Å². The molecule has 126 heavy (non-hydrogen) atoms. The van der Waals surface area contributed by atoms with E-state index >= 15 is 17.6 Å². The second kappa shape index (κ2) is 55.4. The molecular weight excluding hydrogens is 1640 g/mol. The number of fused-ring (bicyclic) bond motifs is 2. The van der Waals surface area contributed by atoms with Crippen LogP contribution in [0.5, 0.6) is 46.0 Å². The third-order valence-corrected chi connectivity index (χ3v) is 19.3. The summed E-state index contributed by atoms with van der Waals surface area (Å²) in [6, 6.07) is 39.5. The molecule has 0 atom stereocenters. The first kappa shape index (κ1) is 98.0. The highest BCUT2D eigenvalue weighted by molar-refractivity contribution is 5.94. The summed E-state index contributed by atoms with van der Waals surface area (Å²) in [7, 11) is 0. The summed E-state index contributed by atoms with van der Waals surface area (Å²) in [5.74, 6) is 0.526. The van der Waals surface area contributed by atoms with Crippen molar-refractivity contribution in [2.24, 2.45) is 10.2 Å². The molecule has 0 amide bonds. The first-order chi connectivity index (χ1) is 61.6. The maximum Gasteiger partial charge on any atom is 0.191 e. The van der Waals surface area contributed by atoms with Crippen molar-refractivity contribution in [1.29, 1.82) is 0 Å². The quantitative estimate of drug-likeness (QED) is 0.0195. The van der Waals surface area contributed by atoms with Crippen LogP contribution in [0.3, 0.4) is 0 Å². The SMILES string of the molecule is CC(C)c1cccc(C(C)C)c1OCCOCCOCCOCCOc1cccc2c(OCCOCCOCCOCCn3cc(COc4c(F)cc(N=Nc5cc(F)c(OCc6cn(CCOCCOCCOCCOc7cccc8c(OCCOCCOCCOCCOc9c(C(C)C)cccc9C(C)C)cccc78)nn6)c(F)c5)cc4F)nn3)cccc12. The molecule has 0 aliphatic heterocycles. The number of halogens is 4. The molecular formula is C94H120F4N8O20. The van der Waals surface area contributed by atoms with E-state index in [-0.39, 0.29) is 37.8 Å². The first-order valence-corrected chi connectivity index (χ1v) is 43.0. The van der Waals surface area contributed by atoms with Gasteiger partial charge in [-0.3, -0.25) is 0 Å². The van der Waals surface area contributed by atoms with Gasteiger partial charge in [0.15, 0.2) is 34.8 Å². The van der Waals surface area contributed by atoms with Crippen LogP contribution in [0, 0.1) is 23.3 Å². The van der Waals surface area contributed by atoms with Crippen LogP contribution in [0.1, 0.15) is 113 Å². The minimum absolute atomic E-state index is 0.286. The van der Waals surface area contributed by atoms with Gasteiger partial charge in [0.1, 0.15) is 98.7 Å². The molecule has 0 saturated heterocycles. The largest absolute Gasteiger partial charge is 0.491 e. The van der Waals surface area contributed by atoms with Gasteiger partial charge in [-0.15, -0.1) is 10.2 Å². The van der Waals surface area contributed by atoms with Crippen molar-refractivity contribution in [2.45, 2.75) is 105 Å². The van der Waals surface area contributed by atoms with Crippen molar-refractivity contribution in [3.63, 3.8) is 0 Å². The number of hydrogen-bond acceptors (Lipinski definition) is 26. The van der Waals surface area contributed by atoms with Gasteiger partial charge >= 0.3 is 0 Å². The third kappa shape index (κ3) is 33.2. The Morgan fingerprint density at radius 3 is 0.730 bits per heavy atom. The standard InChI is InChI=1S/C94H120F4N8O20/c1-67(2)75-15-9-16-76(68(3)4)91(75)123-57-51-117-45-39-111-37-43-115-49-55-121-89-25-13-19-79-81(89)21-11-23-87(79)119-53-47-113-41-35-109-33-31-107-29-27-105-63-73(101-103-105)65-125-93-83(95)59-71(60-84(93)96)99-100-72-61-85(97)94(86(98)62-72)126-66-74-64-106(104-102-74)28-30-108-32-34-110-36-42-114-48-54-120-88-24-12-22-82-80(88)20-14-26-90(82)122-56-50-116-44-38-112-40-46-118-52-58-124-92-77(69(5)6)17-10-18-78(92)70(7)8/h9-26,59-64,67-70H,27-58,65-66H2,1-8H3. The lowest BCUT2D eigenvalue weighted by Crippen LogP contribution is -2.15. The average molecular weight is 1760 g/mol. The molecule has 10 aromatic rings. The minimum atomic E-state index is -1.10. The van der Waals surface area contributed by atoms with E-state index in [1.54, 1.807) is 12.4 Å². The molecule has 0 unspecified atom stereocenters. The fourth-order valence-corrected chi connectivity index (χ4v) is 13.0. The highest BCUT2D eigenvalue weighted by Crippen LogP contribution is 2.39. The van der Waals surface area contributed by atoms with E-state index < -0.39 is 34.8 Å². The summed E-state index contributed by atoms with van der Waals surface area (Å²) in [5.41, 5.74) is 4.87. The Bertz CT molecular complexity index is 4450. The van der Waals surface area contributed by atoms with Crippen LogP contribution >= 0.6 is 0 Å². The van der Waals surface area contributed by atoms with Gasteiger partial charge in [-0.1, -0.05) is 151 Å². The maximum absolute atomic E-state index is 15.2. The van der Waals surface area contributed by atoms with Gasteiger partial charge in [0.05, 0.1) is 195 Å². The Morgan fingerprint density at radius 1 is 0.262 bits per heavy atom. The second-order valence-electron chi connectivity index (χ2n) is 30.0. The monoisotopic (exact) mass is 1760 g/mol. The van der Waals surface area contributed by atoms with Gasteiger partial charge in [0.25, 0.3) is 0 Å². The van der Waals surface area contributed by atoms with Gasteiger partial charge in [-0.25, -0.2) is 26.9 Å². The van der Waals surface area contributed by atoms with E-state index in [4.69, 9.17) is 94.7 Å². The minimum Gasteiger partial charge on any atom is -0.491 e. The molecule has 2 aromatic heterocycles. The molecule has 0 fully saturated rings. The smallest absolute Gasteiger partial charge is 0.191 e. The van der Waals surface area contributed by atoms with E-state index in [0.717, 1.165) is 68.8 Å². The lowest BCUT2D eigenvalue weighted by Gasteiger charge is -2.20. The first-order valence-electron chi connectivity index (χ1n) is 43.0. The Kier molecular flexibility index (Phi) is 43.1. The summed E-state index contributed by atoms with van der Waals surface area (Å²) in [6.45, 7) is 29.3. The molecule has 0 N–H and O–H groups in total. The zero-order valence-corrected chi connectivity index (χ0v) is 73.5. The van der Waals surface area contributed by atoms with Crippen molar-refractivity contribution in [2.75, 3.05) is 198 Å². The molecule has 684 valence electrons. The Balaban J connectivity index is 0.497. The highest BCUT2D eigenvalue weighted by atomic mass is 19.1. The molecule has 0 aliphatic rings. The Hall–Kier alpha value is -10.2. The van der Waals surface area contributed by atoms with Crippen LogP contribution < -0.4 is 37.9 Å². The van der Waals surface area contributed by atoms with Gasteiger partial charge in [-0.05, 0) is 70.2 Å². The van der Waals surface area contributed by atoms with E-state index in [9.17, 15) is 0 Å². The fourth-order valence-electron chi connectivity index (χ4n) is 13.0. The van der Waals surface area contributed by atoms with Crippen LogP contribution in [-0.4, -0.2) is 228 Å².